The van der Waals surface area contributed by atoms with Crippen LogP contribution in [0.5, 0.6) is 0 Å². The number of amides is 1. The lowest BCUT2D eigenvalue weighted by Gasteiger charge is -2.14. The van der Waals surface area contributed by atoms with Crippen LogP contribution in [0, 0.1) is 0 Å². The fourth-order valence-corrected chi connectivity index (χ4v) is 2.27. The minimum atomic E-state index is -0.341. The molecule has 0 bridgehead atoms. The van der Waals surface area contributed by atoms with E-state index in [9.17, 15) is 9.90 Å². The third-order valence-corrected chi connectivity index (χ3v) is 3.66. The molecule has 1 aromatic rings. The topological polar surface area (TPSA) is 49.3 Å². The fraction of sp³-hybridized carbons (Fsp3) is 0.462. The highest BCUT2D eigenvalue weighted by Gasteiger charge is 2.43. The Morgan fingerprint density at radius 1 is 1.53 bits per heavy atom. The van der Waals surface area contributed by atoms with E-state index in [0.29, 0.717) is 5.56 Å². The molecule has 1 aromatic carbocycles. The maximum absolute atomic E-state index is 12.0. The van der Waals surface area contributed by atoms with Gasteiger partial charge in [0.05, 0.1) is 12.1 Å². The van der Waals surface area contributed by atoms with Crippen LogP contribution in [0.25, 0.3) is 0 Å². The van der Waals surface area contributed by atoms with Gasteiger partial charge in [-0.2, -0.15) is 11.8 Å². The largest absolute Gasteiger partial charge is 0.394 e. The molecule has 17 heavy (non-hydrogen) atoms. The lowest BCUT2D eigenvalue weighted by atomic mass is 10.1. The number of hydrogen-bond donors (Lipinski definition) is 2. The standard InChI is InChI=1S/C13H17NO2S/c1-17-8-10-3-2-4-11(7-10)12(16)14-13(9-15)5-6-13/h2-4,7,15H,5-6,8-9H2,1H3,(H,14,16). The summed E-state index contributed by atoms with van der Waals surface area (Å²) < 4.78 is 0. The first-order valence-electron chi connectivity index (χ1n) is 5.70. The Balaban J connectivity index is 2.06. The molecule has 1 saturated carbocycles. The molecular formula is C13H17NO2S. The summed E-state index contributed by atoms with van der Waals surface area (Å²) in [4.78, 5) is 12.0. The zero-order valence-corrected chi connectivity index (χ0v) is 10.7. The SMILES string of the molecule is CSCc1cccc(C(=O)NC2(CO)CC2)c1. The molecule has 1 aliphatic rings. The summed E-state index contributed by atoms with van der Waals surface area (Å²) >= 11 is 1.73. The van der Waals surface area contributed by atoms with E-state index in [0.717, 1.165) is 24.2 Å². The smallest absolute Gasteiger partial charge is 0.251 e. The summed E-state index contributed by atoms with van der Waals surface area (Å²) in [6.07, 6.45) is 3.79. The van der Waals surface area contributed by atoms with Crippen LogP contribution in [-0.4, -0.2) is 29.4 Å². The Hall–Kier alpha value is -1.00. The van der Waals surface area contributed by atoms with Crippen LogP contribution in [-0.2, 0) is 5.75 Å². The summed E-state index contributed by atoms with van der Waals surface area (Å²) in [5.41, 5.74) is 1.49. The second kappa shape index (κ2) is 5.10. The van der Waals surface area contributed by atoms with E-state index >= 15 is 0 Å². The van der Waals surface area contributed by atoms with Crippen molar-refractivity contribution in [2.24, 2.45) is 0 Å². The molecule has 0 radical (unpaired) electrons. The highest BCUT2D eigenvalue weighted by molar-refractivity contribution is 7.97. The van der Waals surface area contributed by atoms with Gasteiger partial charge in [-0.3, -0.25) is 4.79 Å². The van der Waals surface area contributed by atoms with Crippen molar-refractivity contribution in [3.63, 3.8) is 0 Å². The first kappa shape index (κ1) is 12.5. The van der Waals surface area contributed by atoms with Crippen LogP contribution in [0.1, 0.15) is 28.8 Å². The van der Waals surface area contributed by atoms with Gasteiger partial charge >= 0.3 is 0 Å². The zero-order valence-electron chi connectivity index (χ0n) is 9.90. The first-order valence-corrected chi connectivity index (χ1v) is 7.10. The predicted octanol–water partition coefficient (Wildman–Crippen LogP) is 1.80. The van der Waals surface area contributed by atoms with Crippen LogP contribution in [0.4, 0.5) is 0 Å². The molecule has 3 nitrogen and oxygen atoms in total. The average molecular weight is 251 g/mol. The van der Waals surface area contributed by atoms with Gasteiger partial charge in [0, 0.05) is 11.3 Å². The molecule has 0 atom stereocenters. The second-order valence-electron chi connectivity index (χ2n) is 4.53. The van der Waals surface area contributed by atoms with Gasteiger partial charge in [0.25, 0.3) is 5.91 Å². The molecule has 92 valence electrons. The van der Waals surface area contributed by atoms with Crippen LogP contribution < -0.4 is 5.32 Å². The zero-order chi connectivity index (χ0) is 12.3. The van der Waals surface area contributed by atoms with Crippen molar-refractivity contribution in [2.75, 3.05) is 12.9 Å². The highest BCUT2D eigenvalue weighted by atomic mass is 32.2. The molecule has 1 fully saturated rings. The van der Waals surface area contributed by atoms with Gasteiger partial charge in [-0.05, 0) is 36.8 Å². The number of benzene rings is 1. The lowest BCUT2D eigenvalue weighted by molar-refractivity contribution is 0.0906. The van der Waals surface area contributed by atoms with E-state index in [1.165, 1.54) is 0 Å². The Morgan fingerprint density at radius 3 is 2.88 bits per heavy atom. The highest BCUT2D eigenvalue weighted by Crippen LogP contribution is 2.34. The molecule has 1 amide bonds. The Labute approximate surface area is 106 Å². The number of aliphatic hydroxyl groups is 1. The molecule has 0 spiro atoms. The van der Waals surface area contributed by atoms with Crippen molar-refractivity contribution in [3.05, 3.63) is 35.4 Å². The van der Waals surface area contributed by atoms with Crippen molar-refractivity contribution in [2.45, 2.75) is 24.1 Å². The third-order valence-electron chi connectivity index (χ3n) is 3.04. The van der Waals surface area contributed by atoms with Gasteiger partial charge in [0.1, 0.15) is 0 Å². The molecule has 0 unspecified atom stereocenters. The predicted molar refractivity (Wildman–Crippen MR) is 70.2 cm³/mol. The molecule has 0 saturated heterocycles. The van der Waals surface area contributed by atoms with Crippen molar-refractivity contribution in [3.8, 4) is 0 Å². The van der Waals surface area contributed by atoms with Gasteiger partial charge in [0.2, 0.25) is 0 Å². The van der Waals surface area contributed by atoms with Crippen LogP contribution in [0.3, 0.4) is 0 Å². The minimum absolute atomic E-state index is 0.0310. The second-order valence-corrected chi connectivity index (χ2v) is 5.39. The maximum atomic E-state index is 12.0. The number of carbonyl (C=O) groups excluding carboxylic acids is 1. The van der Waals surface area contributed by atoms with Gasteiger partial charge in [-0.15, -0.1) is 0 Å². The monoisotopic (exact) mass is 251 g/mol. The van der Waals surface area contributed by atoms with E-state index in [-0.39, 0.29) is 18.1 Å². The Kier molecular flexibility index (Phi) is 3.74. The number of aliphatic hydroxyl groups excluding tert-OH is 1. The molecule has 2 rings (SSSR count). The average Bonchev–Trinajstić information content (AvgIpc) is 3.10. The van der Waals surface area contributed by atoms with E-state index in [1.807, 2.05) is 30.5 Å². The quantitative estimate of drug-likeness (QED) is 0.839. The van der Waals surface area contributed by atoms with E-state index in [2.05, 4.69) is 5.32 Å². The van der Waals surface area contributed by atoms with Gasteiger partial charge in [-0.25, -0.2) is 0 Å². The number of rotatable bonds is 5. The van der Waals surface area contributed by atoms with E-state index in [4.69, 9.17) is 0 Å². The number of carbonyl (C=O) groups is 1. The van der Waals surface area contributed by atoms with E-state index < -0.39 is 0 Å². The van der Waals surface area contributed by atoms with Crippen LogP contribution >= 0.6 is 11.8 Å². The molecule has 1 aliphatic carbocycles. The van der Waals surface area contributed by atoms with Gasteiger partial charge < -0.3 is 10.4 Å². The van der Waals surface area contributed by atoms with Crippen molar-refractivity contribution < 1.29 is 9.90 Å². The van der Waals surface area contributed by atoms with Gasteiger partial charge in [-0.1, -0.05) is 12.1 Å². The maximum Gasteiger partial charge on any atom is 0.251 e. The first-order chi connectivity index (χ1) is 8.19. The van der Waals surface area contributed by atoms with Gasteiger partial charge in [0.15, 0.2) is 0 Å². The van der Waals surface area contributed by atoms with Crippen molar-refractivity contribution in [1.29, 1.82) is 0 Å². The van der Waals surface area contributed by atoms with Crippen molar-refractivity contribution >= 4 is 17.7 Å². The Bertz CT molecular complexity index is 416. The summed E-state index contributed by atoms with van der Waals surface area (Å²) in [5.74, 6) is 0.825. The lowest BCUT2D eigenvalue weighted by Crippen LogP contribution is -2.39. The normalized spacial score (nSPS) is 16.6. The van der Waals surface area contributed by atoms with Crippen molar-refractivity contribution in [1.82, 2.24) is 5.32 Å². The van der Waals surface area contributed by atoms with E-state index in [1.54, 1.807) is 11.8 Å². The third kappa shape index (κ3) is 3.01. The van der Waals surface area contributed by atoms with Crippen LogP contribution in [0.2, 0.25) is 0 Å². The summed E-state index contributed by atoms with van der Waals surface area (Å²) in [6, 6.07) is 7.65. The molecule has 0 heterocycles. The van der Waals surface area contributed by atoms with Crippen LogP contribution in [0.15, 0.2) is 24.3 Å². The molecule has 4 heteroatoms. The number of nitrogens with one attached hydrogen (secondary N) is 1. The molecule has 0 aliphatic heterocycles. The minimum Gasteiger partial charge on any atom is -0.394 e. The number of hydrogen-bond acceptors (Lipinski definition) is 3. The molecular weight excluding hydrogens is 234 g/mol. The molecule has 2 N–H and O–H groups in total. The summed E-state index contributed by atoms with van der Waals surface area (Å²) in [7, 11) is 0. The number of thioether (sulfide) groups is 1. The molecule has 0 aromatic heterocycles. The summed E-state index contributed by atoms with van der Waals surface area (Å²) in [6.45, 7) is 0.0310. The Morgan fingerprint density at radius 2 is 2.29 bits per heavy atom. The fourth-order valence-electron chi connectivity index (χ4n) is 1.76. The summed E-state index contributed by atoms with van der Waals surface area (Å²) in [5, 5.41) is 12.1.